The Kier molecular flexibility index (Phi) is 0.631. The summed E-state index contributed by atoms with van der Waals surface area (Å²) in [6.07, 6.45) is 3.26. The largest absolute Gasteiger partial charge is 0.445 e. The number of aromatic nitrogens is 2. The second kappa shape index (κ2) is 1.28. The maximum atomic E-state index is 5.34. The van der Waals surface area contributed by atoms with E-state index in [1.54, 1.807) is 23.0 Å². The molecule has 0 atom stereocenters. The molecule has 2 aromatic heterocycles. The zero-order valence-electron chi connectivity index (χ0n) is 4.61. The van der Waals surface area contributed by atoms with Crippen LogP contribution in [0.25, 0.3) is 5.71 Å². The highest BCUT2D eigenvalue weighted by Crippen LogP contribution is 2.06. The van der Waals surface area contributed by atoms with Crippen molar-refractivity contribution in [1.82, 2.24) is 9.61 Å². The van der Waals surface area contributed by atoms with Crippen LogP contribution in [0.1, 0.15) is 0 Å². The standard InChI is InChI=1S/C5H5N3O/c6-4-3-5-8(7-4)1-2-9-5/h1-3H,(H2,6,7). The first-order chi connectivity index (χ1) is 4.36. The predicted octanol–water partition coefficient (Wildman–Crippen LogP) is 0.510. The summed E-state index contributed by atoms with van der Waals surface area (Å²) in [4.78, 5) is 0. The normalized spacial score (nSPS) is 10.7. The van der Waals surface area contributed by atoms with Crippen LogP contribution in [0.5, 0.6) is 0 Å². The van der Waals surface area contributed by atoms with Crippen LogP contribution in [0, 0.1) is 0 Å². The van der Waals surface area contributed by atoms with Gasteiger partial charge in [-0.25, -0.2) is 4.52 Å². The summed E-state index contributed by atoms with van der Waals surface area (Å²) in [6, 6.07) is 1.67. The minimum atomic E-state index is 0.481. The van der Waals surface area contributed by atoms with Gasteiger partial charge in [-0.15, -0.1) is 5.10 Å². The lowest BCUT2D eigenvalue weighted by Crippen LogP contribution is -1.85. The van der Waals surface area contributed by atoms with E-state index in [0.29, 0.717) is 11.5 Å². The van der Waals surface area contributed by atoms with Gasteiger partial charge in [0.2, 0.25) is 5.71 Å². The molecular weight excluding hydrogens is 118 g/mol. The van der Waals surface area contributed by atoms with Gasteiger partial charge in [0.25, 0.3) is 0 Å². The summed E-state index contributed by atoms with van der Waals surface area (Å²) >= 11 is 0. The average molecular weight is 123 g/mol. The van der Waals surface area contributed by atoms with Crippen molar-refractivity contribution in [3.05, 3.63) is 18.5 Å². The van der Waals surface area contributed by atoms with Gasteiger partial charge in [-0.2, -0.15) is 0 Å². The molecule has 2 rings (SSSR count). The molecule has 0 radical (unpaired) electrons. The van der Waals surface area contributed by atoms with Crippen LogP contribution in [-0.2, 0) is 0 Å². The van der Waals surface area contributed by atoms with E-state index in [0.717, 1.165) is 0 Å². The number of nitrogen functional groups attached to an aromatic ring is 1. The molecule has 0 aliphatic carbocycles. The number of hydrogen-bond acceptors (Lipinski definition) is 3. The first-order valence-corrected chi connectivity index (χ1v) is 2.54. The van der Waals surface area contributed by atoms with E-state index in [9.17, 15) is 0 Å². The molecule has 0 saturated carbocycles. The minimum Gasteiger partial charge on any atom is -0.445 e. The lowest BCUT2D eigenvalue weighted by atomic mass is 10.6. The van der Waals surface area contributed by atoms with Crippen LogP contribution in [0.4, 0.5) is 5.82 Å². The first kappa shape index (κ1) is 4.43. The van der Waals surface area contributed by atoms with E-state index in [1.807, 2.05) is 0 Å². The van der Waals surface area contributed by atoms with Crippen molar-refractivity contribution in [2.24, 2.45) is 0 Å². The van der Waals surface area contributed by atoms with Crippen molar-refractivity contribution in [3.63, 3.8) is 0 Å². The van der Waals surface area contributed by atoms with Gasteiger partial charge in [0.1, 0.15) is 12.1 Å². The zero-order valence-corrected chi connectivity index (χ0v) is 4.61. The van der Waals surface area contributed by atoms with E-state index < -0.39 is 0 Å². The molecule has 0 aliphatic rings. The van der Waals surface area contributed by atoms with Gasteiger partial charge in [0.15, 0.2) is 0 Å². The van der Waals surface area contributed by atoms with Crippen molar-refractivity contribution in [3.8, 4) is 0 Å². The van der Waals surface area contributed by atoms with Gasteiger partial charge in [-0.1, -0.05) is 0 Å². The van der Waals surface area contributed by atoms with Gasteiger partial charge in [-0.3, -0.25) is 0 Å². The predicted molar refractivity (Wildman–Crippen MR) is 31.9 cm³/mol. The third kappa shape index (κ3) is 0.495. The molecule has 4 heteroatoms. The summed E-state index contributed by atoms with van der Waals surface area (Å²) in [5.74, 6) is 0.481. The molecule has 46 valence electrons. The molecule has 0 unspecified atom stereocenters. The average Bonchev–Trinajstić information content (AvgIpc) is 2.22. The van der Waals surface area contributed by atoms with E-state index in [4.69, 9.17) is 10.2 Å². The molecule has 0 spiro atoms. The monoisotopic (exact) mass is 123 g/mol. The minimum absolute atomic E-state index is 0.481. The lowest BCUT2D eigenvalue weighted by Gasteiger charge is -1.73. The van der Waals surface area contributed by atoms with Gasteiger partial charge < -0.3 is 10.2 Å². The third-order valence-electron chi connectivity index (χ3n) is 1.11. The summed E-state index contributed by atoms with van der Waals surface area (Å²) < 4.78 is 6.54. The molecule has 0 fully saturated rings. The van der Waals surface area contributed by atoms with E-state index in [1.165, 1.54) is 0 Å². The second-order valence-electron chi connectivity index (χ2n) is 1.76. The van der Waals surface area contributed by atoms with Gasteiger partial charge >= 0.3 is 0 Å². The Morgan fingerprint density at radius 1 is 1.67 bits per heavy atom. The van der Waals surface area contributed by atoms with Crippen molar-refractivity contribution in [1.29, 1.82) is 0 Å². The number of fused-ring (bicyclic) bond motifs is 1. The maximum absolute atomic E-state index is 5.34. The fourth-order valence-electron chi connectivity index (χ4n) is 0.748. The van der Waals surface area contributed by atoms with E-state index in [2.05, 4.69) is 5.10 Å². The number of nitrogens with zero attached hydrogens (tertiary/aromatic N) is 2. The molecule has 2 N–H and O–H groups in total. The Bertz CT molecular complexity index is 293. The summed E-state index contributed by atoms with van der Waals surface area (Å²) in [5.41, 5.74) is 6.02. The summed E-state index contributed by atoms with van der Waals surface area (Å²) in [7, 11) is 0. The first-order valence-electron chi connectivity index (χ1n) is 2.54. The van der Waals surface area contributed by atoms with Crippen LogP contribution in [0.3, 0.4) is 0 Å². The molecule has 2 heterocycles. The number of oxazole rings is 1. The van der Waals surface area contributed by atoms with Crippen molar-refractivity contribution in [2.75, 3.05) is 5.73 Å². The number of rotatable bonds is 0. The van der Waals surface area contributed by atoms with Gasteiger partial charge in [0.05, 0.1) is 6.20 Å². The highest BCUT2D eigenvalue weighted by atomic mass is 16.3. The Morgan fingerprint density at radius 3 is 3.33 bits per heavy atom. The van der Waals surface area contributed by atoms with E-state index >= 15 is 0 Å². The number of anilines is 1. The van der Waals surface area contributed by atoms with E-state index in [-0.39, 0.29) is 0 Å². The number of hydrogen-bond donors (Lipinski definition) is 1. The zero-order chi connectivity index (χ0) is 6.27. The molecule has 0 bridgehead atoms. The quantitative estimate of drug-likeness (QED) is 0.555. The Morgan fingerprint density at radius 2 is 2.56 bits per heavy atom. The molecule has 0 aromatic carbocycles. The SMILES string of the molecule is Nc1cc2occn2n1. The Labute approximate surface area is 50.9 Å². The van der Waals surface area contributed by atoms with Crippen LogP contribution in [0.2, 0.25) is 0 Å². The highest BCUT2D eigenvalue weighted by Gasteiger charge is 1.96. The summed E-state index contributed by atoms with van der Waals surface area (Å²) in [6.45, 7) is 0. The topological polar surface area (TPSA) is 56.5 Å². The third-order valence-corrected chi connectivity index (χ3v) is 1.11. The smallest absolute Gasteiger partial charge is 0.223 e. The molecule has 0 aliphatic heterocycles. The molecule has 0 amide bonds. The molecular formula is C5H5N3O. The fraction of sp³-hybridized carbons (Fsp3) is 0. The summed E-state index contributed by atoms with van der Waals surface area (Å²) in [5, 5.41) is 3.87. The Balaban J connectivity index is 2.92. The van der Waals surface area contributed by atoms with Crippen LogP contribution < -0.4 is 5.73 Å². The van der Waals surface area contributed by atoms with Crippen molar-refractivity contribution in [2.45, 2.75) is 0 Å². The molecule has 4 nitrogen and oxygen atoms in total. The van der Waals surface area contributed by atoms with Gasteiger partial charge in [0, 0.05) is 6.07 Å². The highest BCUT2D eigenvalue weighted by molar-refractivity contribution is 5.44. The van der Waals surface area contributed by atoms with Crippen molar-refractivity contribution >= 4 is 11.5 Å². The van der Waals surface area contributed by atoms with Crippen LogP contribution in [0.15, 0.2) is 22.9 Å². The fourth-order valence-corrected chi connectivity index (χ4v) is 0.748. The maximum Gasteiger partial charge on any atom is 0.223 e. The van der Waals surface area contributed by atoms with Gasteiger partial charge in [-0.05, 0) is 0 Å². The lowest BCUT2D eigenvalue weighted by molar-refractivity contribution is 0.606. The molecule has 9 heavy (non-hydrogen) atoms. The van der Waals surface area contributed by atoms with Crippen molar-refractivity contribution < 1.29 is 4.42 Å². The Hall–Kier alpha value is -1.45. The number of nitrogens with two attached hydrogens (primary N) is 1. The van der Waals surface area contributed by atoms with Crippen LogP contribution >= 0.6 is 0 Å². The second-order valence-corrected chi connectivity index (χ2v) is 1.76. The van der Waals surface area contributed by atoms with Crippen LogP contribution in [-0.4, -0.2) is 9.61 Å². The molecule has 0 saturated heterocycles. The molecule has 2 aromatic rings.